The van der Waals surface area contributed by atoms with E-state index in [-0.39, 0.29) is 11.8 Å². The molecule has 22 heavy (non-hydrogen) atoms. The zero-order valence-electron chi connectivity index (χ0n) is 12.7. The first-order valence-corrected chi connectivity index (χ1v) is 7.32. The van der Waals surface area contributed by atoms with Crippen LogP contribution in [0.5, 0.6) is 5.75 Å². The minimum atomic E-state index is -0.687. The quantitative estimate of drug-likeness (QED) is 0.618. The minimum Gasteiger partial charge on any atom is -0.497 e. The molecule has 0 aromatic heterocycles. The lowest BCUT2D eigenvalue weighted by Gasteiger charge is -2.25. The molecule has 5 heteroatoms. The standard InChI is InChI=1S/C17H17NO4/c1-16-8-9-17(2,22-16)13-12(16)14(19)18(15(13)20)10-4-6-11(21-3)7-5-10/h4-9,12-13H,1-3H3/t12-,13-,16-,17-/m1/s1. The maximum Gasteiger partial charge on any atom is 0.241 e. The first-order valence-electron chi connectivity index (χ1n) is 7.32. The molecule has 0 N–H and O–H groups in total. The van der Waals surface area contributed by atoms with Crippen molar-refractivity contribution in [3.05, 3.63) is 36.4 Å². The smallest absolute Gasteiger partial charge is 0.241 e. The number of nitrogens with zero attached hydrogens (tertiary/aromatic N) is 1. The van der Waals surface area contributed by atoms with Crippen molar-refractivity contribution in [1.82, 2.24) is 0 Å². The number of hydrogen-bond acceptors (Lipinski definition) is 4. The van der Waals surface area contributed by atoms with Crippen molar-refractivity contribution in [1.29, 1.82) is 0 Å². The fraction of sp³-hybridized carbons (Fsp3) is 0.412. The summed E-state index contributed by atoms with van der Waals surface area (Å²) in [6.45, 7) is 3.75. The maximum absolute atomic E-state index is 12.8. The lowest BCUT2D eigenvalue weighted by molar-refractivity contribution is -0.128. The second-order valence-electron chi connectivity index (χ2n) is 6.47. The third-order valence-electron chi connectivity index (χ3n) is 5.06. The van der Waals surface area contributed by atoms with E-state index >= 15 is 0 Å². The summed E-state index contributed by atoms with van der Waals surface area (Å²) >= 11 is 0. The predicted molar refractivity (Wildman–Crippen MR) is 79.5 cm³/mol. The van der Waals surface area contributed by atoms with E-state index in [9.17, 15) is 9.59 Å². The van der Waals surface area contributed by atoms with E-state index in [0.29, 0.717) is 11.4 Å². The van der Waals surface area contributed by atoms with Gasteiger partial charge in [-0.1, -0.05) is 12.2 Å². The second-order valence-corrected chi connectivity index (χ2v) is 6.47. The van der Waals surface area contributed by atoms with Crippen LogP contribution in [0, 0.1) is 11.8 Å². The first-order chi connectivity index (χ1) is 10.4. The van der Waals surface area contributed by atoms with E-state index in [4.69, 9.17) is 9.47 Å². The summed E-state index contributed by atoms with van der Waals surface area (Å²) in [5.41, 5.74) is -0.794. The van der Waals surface area contributed by atoms with Gasteiger partial charge in [0.2, 0.25) is 11.8 Å². The Hall–Kier alpha value is -2.14. The van der Waals surface area contributed by atoms with Gasteiger partial charge in [0.15, 0.2) is 0 Å². The van der Waals surface area contributed by atoms with Crippen LogP contribution < -0.4 is 9.64 Å². The third-order valence-corrected chi connectivity index (χ3v) is 5.06. The van der Waals surface area contributed by atoms with Crippen molar-refractivity contribution in [3.8, 4) is 5.75 Å². The topological polar surface area (TPSA) is 55.8 Å². The van der Waals surface area contributed by atoms with Crippen LogP contribution in [-0.2, 0) is 14.3 Å². The van der Waals surface area contributed by atoms with Gasteiger partial charge in [-0.05, 0) is 38.1 Å². The molecule has 0 spiro atoms. The van der Waals surface area contributed by atoms with Gasteiger partial charge in [-0.15, -0.1) is 0 Å². The van der Waals surface area contributed by atoms with Crippen molar-refractivity contribution in [3.63, 3.8) is 0 Å². The summed E-state index contributed by atoms with van der Waals surface area (Å²) in [7, 11) is 1.58. The molecule has 5 nitrogen and oxygen atoms in total. The summed E-state index contributed by atoms with van der Waals surface area (Å²) in [6, 6.07) is 6.96. The molecule has 4 rings (SSSR count). The Morgan fingerprint density at radius 2 is 1.50 bits per heavy atom. The molecular formula is C17H17NO4. The Bertz CT molecular complexity index is 674. The highest BCUT2D eigenvalue weighted by Crippen LogP contribution is 2.57. The molecule has 0 aliphatic carbocycles. The highest BCUT2D eigenvalue weighted by molar-refractivity contribution is 6.23. The fourth-order valence-corrected chi connectivity index (χ4v) is 4.02. The minimum absolute atomic E-state index is 0.184. The van der Waals surface area contributed by atoms with E-state index in [0.717, 1.165) is 0 Å². The van der Waals surface area contributed by atoms with Crippen LogP contribution in [0.25, 0.3) is 0 Å². The summed E-state index contributed by atoms with van der Waals surface area (Å²) in [4.78, 5) is 27.0. The fourth-order valence-electron chi connectivity index (χ4n) is 4.02. The van der Waals surface area contributed by atoms with E-state index in [1.54, 1.807) is 31.4 Å². The molecule has 3 aliphatic heterocycles. The Morgan fingerprint density at radius 1 is 1.00 bits per heavy atom. The van der Waals surface area contributed by atoms with Gasteiger partial charge in [-0.3, -0.25) is 9.59 Å². The van der Waals surface area contributed by atoms with Gasteiger partial charge in [0.05, 0.1) is 35.8 Å². The monoisotopic (exact) mass is 299 g/mol. The number of ether oxygens (including phenoxy) is 2. The van der Waals surface area contributed by atoms with Gasteiger partial charge >= 0.3 is 0 Å². The molecule has 114 valence electrons. The zero-order valence-corrected chi connectivity index (χ0v) is 12.7. The molecule has 1 aromatic carbocycles. The number of amides is 2. The van der Waals surface area contributed by atoms with Crippen LogP contribution in [0.3, 0.4) is 0 Å². The van der Waals surface area contributed by atoms with Gasteiger partial charge in [0, 0.05) is 0 Å². The molecule has 2 saturated heterocycles. The van der Waals surface area contributed by atoms with Gasteiger partial charge in [0.25, 0.3) is 0 Å². The number of benzene rings is 1. The number of rotatable bonds is 2. The van der Waals surface area contributed by atoms with Crippen LogP contribution in [0.4, 0.5) is 5.69 Å². The Balaban J connectivity index is 1.76. The van der Waals surface area contributed by atoms with Crippen molar-refractivity contribution in [2.24, 2.45) is 11.8 Å². The largest absolute Gasteiger partial charge is 0.497 e. The zero-order chi connectivity index (χ0) is 15.7. The van der Waals surface area contributed by atoms with Crippen LogP contribution >= 0.6 is 0 Å². The van der Waals surface area contributed by atoms with Gasteiger partial charge in [-0.25, -0.2) is 4.90 Å². The van der Waals surface area contributed by atoms with Crippen LogP contribution in [0.15, 0.2) is 36.4 Å². The number of anilines is 1. The van der Waals surface area contributed by atoms with E-state index in [2.05, 4.69) is 0 Å². The summed E-state index contributed by atoms with van der Waals surface area (Å²) < 4.78 is 11.1. The second kappa shape index (κ2) is 3.98. The van der Waals surface area contributed by atoms with Crippen LogP contribution in [-0.4, -0.2) is 30.1 Å². The van der Waals surface area contributed by atoms with E-state index in [1.807, 2.05) is 26.0 Å². The highest BCUT2D eigenvalue weighted by atomic mass is 16.5. The highest BCUT2D eigenvalue weighted by Gasteiger charge is 2.70. The third kappa shape index (κ3) is 1.47. The van der Waals surface area contributed by atoms with E-state index < -0.39 is 23.0 Å². The van der Waals surface area contributed by atoms with Crippen molar-refractivity contribution >= 4 is 17.5 Å². The number of carbonyl (C=O) groups is 2. The molecule has 3 heterocycles. The lowest BCUT2D eigenvalue weighted by atomic mass is 9.73. The van der Waals surface area contributed by atoms with Gasteiger partial charge in [0.1, 0.15) is 5.75 Å². The average molecular weight is 299 g/mol. The number of fused-ring (bicyclic) bond motifs is 5. The van der Waals surface area contributed by atoms with Gasteiger partial charge < -0.3 is 9.47 Å². The average Bonchev–Trinajstić information content (AvgIpc) is 3.04. The summed E-state index contributed by atoms with van der Waals surface area (Å²) in [5, 5.41) is 0. The number of carbonyl (C=O) groups excluding carboxylic acids is 2. The Kier molecular flexibility index (Phi) is 2.45. The summed E-state index contributed by atoms with van der Waals surface area (Å²) in [5.74, 6) is -0.576. The SMILES string of the molecule is COc1ccc(N2C(=O)[C@H]3[C@H](C2=O)[C@@]2(C)C=C[C@@]3(C)O2)cc1. The first kappa shape index (κ1) is 13.5. The van der Waals surface area contributed by atoms with Crippen molar-refractivity contribution in [2.75, 3.05) is 12.0 Å². The molecule has 0 radical (unpaired) electrons. The van der Waals surface area contributed by atoms with Crippen molar-refractivity contribution in [2.45, 2.75) is 25.0 Å². The molecule has 1 aromatic rings. The molecule has 3 aliphatic rings. The molecule has 2 fully saturated rings. The maximum atomic E-state index is 12.8. The number of methoxy groups -OCH3 is 1. The Morgan fingerprint density at radius 3 is 1.95 bits per heavy atom. The van der Waals surface area contributed by atoms with Crippen LogP contribution in [0.1, 0.15) is 13.8 Å². The number of imide groups is 1. The van der Waals surface area contributed by atoms with Crippen molar-refractivity contribution < 1.29 is 19.1 Å². The molecule has 2 bridgehead atoms. The molecule has 4 atom stereocenters. The Labute approximate surface area is 128 Å². The molecular weight excluding hydrogens is 282 g/mol. The number of hydrogen-bond donors (Lipinski definition) is 0. The summed E-state index contributed by atoms with van der Waals surface area (Å²) in [6.07, 6.45) is 3.83. The van der Waals surface area contributed by atoms with E-state index in [1.165, 1.54) is 4.90 Å². The normalized spacial score (nSPS) is 38.8. The van der Waals surface area contributed by atoms with Crippen LogP contribution in [0.2, 0.25) is 0 Å². The predicted octanol–water partition coefficient (Wildman–Crippen LogP) is 1.92. The molecule has 0 unspecified atom stereocenters. The molecule has 2 amide bonds. The lowest BCUT2D eigenvalue weighted by Crippen LogP contribution is -2.39. The van der Waals surface area contributed by atoms with Gasteiger partial charge in [-0.2, -0.15) is 0 Å². The molecule has 0 saturated carbocycles.